The van der Waals surface area contributed by atoms with Crippen LogP contribution in [0.2, 0.25) is 0 Å². The van der Waals surface area contributed by atoms with E-state index >= 15 is 0 Å². The van der Waals surface area contributed by atoms with Gasteiger partial charge in [0.15, 0.2) is 5.78 Å². The fourth-order valence-corrected chi connectivity index (χ4v) is 3.12. The van der Waals surface area contributed by atoms with Gasteiger partial charge in [-0.3, -0.25) is 4.79 Å². The smallest absolute Gasteiger partial charge is 0.453 e. The van der Waals surface area contributed by atoms with Gasteiger partial charge in [0.2, 0.25) is 0 Å². The minimum absolute atomic E-state index is 0.0964. The second kappa shape index (κ2) is 5.79. The zero-order valence-electron chi connectivity index (χ0n) is 13.6. The summed E-state index contributed by atoms with van der Waals surface area (Å²) < 4.78 is 44.4. The Bertz CT molecular complexity index is 996. The highest BCUT2D eigenvalue weighted by Crippen LogP contribution is 2.33. The number of methoxy groups -OCH3 is 1. The number of nitrogens with zero attached hydrogens (tertiary/aromatic N) is 4. The zero-order valence-corrected chi connectivity index (χ0v) is 13.6. The maximum atomic E-state index is 12.8. The Labute approximate surface area is 145 Å². The molecule has 0 saturated carbocycles. The number of halogens is 3. The molecule has 1 aliphatic rings. The van der Waals surface area contributed by atoms with Crippen molar-refractivity contribution >= 4 is 11.6 Å². The maximum absolute atomic E-state index is 12.8. The van der Waals surface area contributed by atoms with Crippen molar-refractivity contribution in [2.24, 2.45) is 0 Å². The lowest BCUT2D eigenvalue weighted by Crippen LogP contribution is -2.21. The molecule has 0 radical (unpaired) electrons. The van der Waals surface area contributed by atoms with Crippen molar-refractivity contribution in [3.63, 3.8) is 0 Å². The van der Waals surface area contributed by atoms with E-state index in [4.69, 9.17) is 4.74 Å². The predicted molar refractivity (Wildman–Crippen MR) is 84.2 cm³/mol. The molecule has 0 fully saturated rings. The summed E-state index contributed by atoms with van der Waals surface area (Å²) in [4.78, 5) is 20.1. The lowest BCUT2D eigenvalue weighted by molar-refractivity contribution is -0.144. The van der Waals surface area contributed by atoms with Crippen LogP contribution >= 0.6 is 0 Å². The second-order valence-corrected chi connectivity index (χ2v) is 6.08. The number of hydrogen-bond acceptors (Lipinski definition) is 5. The number of carbonyl (C=O) groups is 1. The van der Waals surface area contributed by atoms with E-state index in [0.29, 0.717) is 23.4 Å². The molecule has 0 saturated heterocycles. The van der Waals surface area contributed by atoms with Gasteiger partial charge in [-0.1, -0.05) is 12.1 Å². The molecule has 4 rings (SSSR count). The molecule has 0 aliphatic heterocycles. The van der Waals surface area contributed by atoms with Crippen LogP contribution in [0.3, 0.4) is 0 Å². The molecule has 9 heteroatoms. The summed E-state index contributed by atoms with van der Waals surface area (Å²) in [6.07, 6.45) is -2.68. The fourth-order valence-electron chi connectivity index (χ4n) is 3.12. The second-order valence-electron chi connectivity index (χ2n) is 6.08. The first-order valence-corrected chi connectivity index (χ1v) is 7.86. The molecule has 26 heavy (non-hydrogen) atoms. The van der Waals surface area contributed by atoms with Gasteiger partial charge in [-0.05, 0) is 30.0 Å². The molecular formula is C17H13F3N4O2. The van der Waals surface area contributed by atoms with Crippen LogP contribution in [-0.2, 0) is 12.6 Å². The molecule has 0 bridgehead atoms. The predicted octanol–water partition coefficient (Wildman–Crippen LogP) is 3.06. The van der Waals surface area contributed by atoms with Crippen LogP contribution in [0.25, 0.3) is 5.78 Å². The number of aromatic nitrogens is 4. The van der Waals surface area contributed by atoms with Crippen molar-refractivity contribution in [2.45, 2.75) is 24.9 Å². The number of rotatable bonds is 2. The highest BCUT2D eigenvalue weighted by atomic mass is 19.4. The van der Waals surface area contributed by atoms with Gasteiger partial charge in [-0.15, -0.1) is 5.10 Å². The van der Waals surface area contributed by atoms with E-state index in [2.05, 4.69) is 15.1 Å². The minimum Gasteiger partial charge on any atom is -0.497 e. The largest absolute Gasteiger partial charge is 0.497 e. The maximum Gasteiger partial charge on any atom is 0.453 e. The number of hydrogen-bond donors (Lipinski definition) is 0. The van der Waals surface area contributed by atoms with Crippen LogP contribution in [-0.4, -0.2) is 32.5 Å². The highest BCUT2D eigenvalue weighted by Gasteiger charge is 2.37. The van der Waals surface area contributed by atoms with Crippen molar-refractivity contribution in [3.8, 4) is 5.75 Å². The molecule has 134 valence electrons. The average Bonchev–Trinajstić information content (AvgIpc) is 3.03. The summed E-state index contributed by atoms with van der Waals surface area (Å²) in [6.45, 7) is 0. The Hall–Kier alpha value is -2.97. The molecule has 2 heterocycles. The van der Waals surface area contributed by atoms with Crippen LogP contribution in [0.15, 0.2) is 30.5 Å². The molecule has 2 aromatic heterocycles. The number of Topliss-reactive ketones (excluding diaryl/α,β-unsaturated/α-hetero) is 1. The summed E-state index contributed by atoms with van der Waals surface area (Å²) in [5, 5.41) is 3.37. The first-order chi connectivity index (χ1) is 12.3. The topological polar surface area (TPSA) is 69.4 Å². The van der Waals surface area contributed by atoms with Crippen LogP contribution in [0, 0.1) is 0 Å². The monoisotopic (exact) mass is 362 g/mol. The first-order valence-electron chi connectivity index (χ1n) is 7.86. The third kappa shape index (κ3) is 2.79. The van der Waals surface area contributed by atoms with E-state index in [1.54, 1.807) is 19.2 Å². The molecule has 3 aromatic rings. The Balaban J connectivity index is 1.71. The van der Waals surface area contributed by atoms with Gasteiger partial charge in [0.1, 0.15) is 5.75 Å². The lowest BCUT2D eigenvalue weighted by Gasteiger charge is -2.23. The van der Waals surface area contributed by atoms with Crippen molar-refractivity contribution in [2.75, 3.05) is 7.11 Å². The summed E-state index contributed by atoms with van der Waals surface area (Å²) in [6, 6.07) is 7.36. The number of ether oxygens (including phenoxy) is 1. The van der Waals surface area contributed by atoms with Crippen molar-refractivity contribution in [3.05, 3.63) is 53.1 Å². The van der Waals surface area contributed by atoms with Crippen LogP contribution in [0.5, 0.6) is 5.75 Å². The van der Waals surface area contributed by atoms with Crippen molar-refractivity contribution < 1.29 is 22.7 Å². The van der Waals surface area contributed by atoms with Gasteiger partial charge in [-0.2, -0.15) is 18.2 Å². The van der Waals surface area contributed by atoms with E-state index in [9.17, 15) is 18.0 Å². The average molecular weight is 362 g/mol. The van der Waals surface area contributed by atoms with E-state index in [1.165, 1.54) is 6.20 Å². The van der Waals surface area contributed by atoms with E-state index in [-0.39, 0.29) is 23.9 Å². The van der Waals surface area contributed by atoms with Gasteiger partial charge in [-0.25, -0.2) is 9.50 Å². The van der Waals surface area contributed by atoms with Gasteiger partial charge in [0, 0.05) is 12.6 Å². The number of alkyl halides is 3. The van der Waals surface area contributed by atoms with Crippen molar-refractivity contribution in [1.29, 1.82) is 0 Å². The number of fused-ring (bicyclic) bond motifs is 2. The normalized spacial score (nSPS) is 17.4. The lowest BCUT2D eigenvalue weighted by atomic mass is 9.82. The first kappa shape index (κ1) is 16.5. The number of carbonyl (C=O) groups excluding carboxylic acids is 1. The van der Waals surface area contributed by atoms with E-state index < -0.39 is 12.0 Å². The van der Waals surface area contributed by atoms with Crippen LogP contribution in [0.1, 0.15) is 39.8 Å². The molecule has 0 spiro atoms. The molecule has 0 amide bonds. The Kier molecular flexibility index (Phi) is 3.67. The molecule has 6 nitrogen and oxygen atoms in total. The van der Waals surface area contributed by atoms with Gasteiger partial charge < -0.3 is 4.74 Å². The molecule has 0 N–H and O–H groups in total. The third-order valence-electron chi connectivity index (χ3n) is 4.42. The Morgan fingerprint density at radius 1 is 1.15 bits per heavy atom. The van der Waals surface area contributed by atoms with Gasteiger partial charge >= 0.3 is 6.18 Å². The summed E-state index contributed by atoms with van der Waals surface area (Å²) in [5.41, 5.74) is 1.68. The molecule has 1 unspecified atom stereocenters. The standard InChI is InChI=1S/C17H13F3N4O2/c1-26-11-4-2-9(3-5-11)10-6-13-12(14(25)7-10)8-24-16(21-13)22-15(23-24)17(18,19)20/h2-5,8,10H,6-7H2,1H3. The van der Waals surface area contributed by atoms with Crippen LogP contribution in [0.4, 0.5) is 13.2 Å². The quantitative estimate of drug-likeness (QED) is 0.701. The number of benzene rings is 1. The molecule has 1 atom stereocenters. The Morgan fingerprint density at radius 3 is 2.54 bits per heavy atom. The fraction of sp³-hybridized carbons (Fsp3) is 0.294. The number of ketones is 1. The van der Waals surface area contributed by atoms with E-state index in [1.807, 2.05) is 12.1 Å². The zero-order chi connectivity index (χ0) is 18.5. The molecule has 1 aromatic carbocycles. The van der Waals surface area contributed by atoms with Crippen LogP contribution < -0.4 is 4.74 Å². The Morgan fingerprint density at radius 2 is 1.88 bits per heavy atom. The van der Waals surface area contributed by atoms with Gasteiger partial charge in [0.25, 0.3) is 11.6 Å². The van der Waals surface area contributed by atoms with Crippen molar-refractivity contribution in [1.82, 2.24) is 19.6 Å². The highest BCUT2D eigenvalue weighted by molar-refractivity contribution is 5.98. The summed E-state index contributed by atoms with van der Waals surface area (Å²) >= 11 is 0. The van der Waals surface area contributed by atoms with Gasteiger partial charge in [0.05, 0.1) is 18.4 Å². The summed E-state index contributed by atoms with van der Waals surface area (Å²) in [7, 11) is 1.57. The minimum atomic E-state index is -4.66. The third-order valence-corrected chi connectivity index (χ3v) is 4.42. The summed E-state index contributed by atoms with van der Waals surface area (Å²) in [5.74, 6) is -1.00. The SMILES string of the molecule is COc1ccc(C2CC(=O)c3cn4nc(C(F)(F)F)nc4nc3C2)cc1. The molecular weight excluding hydrogens is 349 g/mol. The van der Waals surface area contributed by atoms with E-state index in [0.717, 1.165) is 10.1 Å². The molecule has 1 aliphatic carbocycles.